The normalized spacial score (nSPS) is 17.3. The van der Waals surface area contributed by atoms with Gasteiger partial charge in [0.05, 0.1) is 12.6 Å². The van der Waals surface area contributed by atoms with Gasteiger partial charge in [0.2, 0.25) is 5.95 Å². The fraction of sp³-hybridized carbons (Fsp3) is 0.435. The van der Waals surface area contributed by atoms with E-state index in [-0.39, 0.29) is 18.4 Å². The third-order valence-electron chi connectivity index (χ3n) is 6.06. The van der Waals surface area contributed by atoms with Gasteiger partial charge in [0.15, 0.2) is 11.2 Å². The SMILES string of the molecule is CC#CCn1c(N2CCC[C@@H](N)C2)nc2c1c(=O)n(C(C)c1ccc(F)cc1)c(=O)n2C. The van der Waals surface area contributed by atoms with Crippen molar-refractivity contribution < 1.29 is 4.39 Å². The van der Waals surface area contributed by atoms with Crippen LogP contribution < -0.4 is 21.9 Å². The van der Waals surface area contributed by atoms with E-state index in [4.69, 9.17) is 10.7 Å². The van der Waals surface area contributed by atoms with Gasteiger partial charge >= 0.3 is 5.69 Å². The Morgan fingerprint density at radius 2 is 2.00 bits per heavy atom. The van der Waals surface area contributed by atoms with Crippen LogP contribution in [-0.2, 0) is 13.6 Å². The molecule has 0 amide bonds. The third kappa shape index (κ3) is 3.71. The lowest BCUT2D eigenvalue weighted by molar-refractivity contribution is 0.496. The summed E-state index contributed by atoms with van der Waals surface area (Å²) in [5, 5.41) is 0. The highest BCUT2D eigenvalue weighted by Crippen LogP contribution is 2.24. The molecule has 1 aliphatic rings. The van der Waals surface area contributed by atoms with Gasteiger partial charge in [0.25, 0.3) is 5.56 Å². The van der Waals surface area contributed by atoms with Crippen LogP contribution in [0, 0.1) is 17.7 Å². The van der Waals surface area contributed by atoms with Crippen LogP contribution >= 0.6 is 0 Å². The molecule has 2 N–H and O–H groups in total. The van der Waals surface area contributed by atoms with Crippen molar-refractivity contribution in [1.82, 2.24) is 18.7 Å². The number of piperidine rings is 1. The molecule has 9 heteroatoms. The van der Waals surface area contributed by atoms with Gasteiger partial charge in [-0.3, -0.25) is 18.5 Å². The third-order valence-corrected chi connectivity index (χ3v) is 6.06. The molecule has 4 rings (SSSR count). The highest BCUT2D eigenvalue weighted by atomic mass is 19.1. The van der Waals surface area contributed by atoms with E-state index in [0.29, 0.717) is 29.2 Å². The van der Waals surface area contributed by atoms with E-state index >= 15 is 0 Å². The minimum Gasteiger partial charge on any atom is -0.341 e. The Morgan fingerprint density at radius 1 is 1.28 bits per heavy atom. The molecular formula is C23H27FN6O2. The number of nitrogens with two attached hydrogens (primary N) is 1. The van der Waals surface area contributed by atoms with Gasteiger partial charge in [-0.25, -0.2) is 9.18 Å². The van der Waals surface area contributed by atoms with Crippen molar-refractivity contribution in [1.29, 1.82) is 0 Å². The monoisotopic (exact) mass is 438 g/mol. The summed E-state index contributed by atoms with van der Waals surface area (Å²) in [7, 11) is 1.60. The van der Waals surface area contributed by atoms with Crippen molar-refractivity contribution in [3.8, 4) is 11.8 Å². The molecule has 0 bridgehead atoms. The number of benzene rings is 1. The number of hydrogen-bond acceptors (Lipinski definition) is 5. The van der Waals surface area contributed by atoms with Crippen LogP contribution in [0.2, 0.25) is 0 Å². The van der Waals surface area contributed by atoms with Gasteiger partial charge in [-0.15, -0.1) is 5.92 Å². The number of nitrogens with zero attached hydrogens (tertiary/aromatic N) is 5. The molecule has 0 aliphatic carbocycles. The van der Waals surface area contributed by atoms with E-state index < -0.39 is 17.3 Å². The average molecular weight is 439 g/mol. The number of halogens is 1. The molecule has 3 heterocycles. The van der Waals surface area contributed by atoms with E-state index in [9.17, 15) is 14.0 Å². The van der Waals surface area contributed by atoms with Crippen molar-refractivity contribution in [3.05, 3.63) is 56.5 Å². The molecule has 0 saturated carbocycles. The van der Waals surface area contributed by atoms with Gasteiger partial charge < -0.3 is 10.6 Å². The van der Waals surface area contributed by atoms with Crippen LogP contribution in [0.4, 0.5) is 10.3 Å². The topological polar surface area (TPSA) is 91.1 Å². The van der Waals surface area contributed by atoms with E-state index in [1.54, 1.807) is 37.6 Å². The molecule has 3 aromatic rings. The van der Waals surface area contributed by atoms with E-state index in [1.807, 2.05) is 0 Å². The second-order valence-electron chi connectivity index (χ2n) is 8.19. The lowest BCUT2D eigenvalue weighted by Crippen LogP contribution is -2.44. The molecule has 32 heavy (non-hydrogen) atoms. The number of fused-ring (bicyclic) bond motifs is 1. The van der Waals surface area contributed by atoms with Gasteiger partial charge in [-0.1, -0.05) is 18.1 Å². The summed E-state index contributed by atoms with van der Waals surface area (Å²) in [5.74, 6) is 6.11. The summed E-state index contributed by atoms with van der Waals surface area (Å²) in [6.45, 7) is 5.15. The van der Waals surface area contributed by atoms with Crippen molar-refractivity contribution in [2.75, 3.05) is 18.0 Å². The second-order valence-corrected chi connectivity index (χ2v) is 8.19. The Hall–Kier alpha value is -3.38. The second kappa shape index (κ2) is 8.63. The maximum absolute atomic E-state index is 13.7. The van der Waals surface area contributed by atoms with Crippen LogP contribution in [0.1, 0.15) is 38.3 Å². The predicted molar refractivity (Wildman–Crippen MR) is 122 cm³/mol. The summed E-state index contributed by atoms with van der Waals surface area (Å²) in [4.78, 5) is 33.6. The van der Waals surface area contributed by atoms with Crippen LogP contribution in [0.25, 0.3) is 11.2 Å². The minimum atomic E-state index is -0.585. The first-order valence-electron chi connectivity index (χ1n) is 10.7. The van der Waals surface area contributed by atoms with Gasteiger partial charge in [-0.05, 0) is 44.4 Å². The Labute approximate surface area is 185 Å². The standard InChI is InChI=1S/C23H27FN6O2/c1-4-5-13-29-19-20(26-22(29)28-12-6-7-18(25)14-28)27(3)23(32)30(21(19)31)15(2)16-8-10-17(24)11-9-16/h8-11,15,18H,6-7,12-14,25H2,1-3H3/t15?,18-/m1/s1. The largest absolute Gasteiger partial charge is 0.341 e. The van der Waals surface area contributed by atoms with Crippen molar-refractivity contribution in [3.63, 3.8) is 0 Å². The van der Waals surface area contributed by atoms with Crippen molar-refractivity contribution in [2.24, 2.45) is 12.8 Å². The molecule has 2 atom stereocenters. The minimum absolute atomic E-state index is 0.0215. The Kier molecular flexibility index (Phi) is 5.89. The predicted octanol–water partition coefficient (Wildman–Crippen LogP) is 1.60. The first-order chi connectivity index (χ1) is 15.3. The molecular weight excluding hydrogens is 411 g/mol. The number of rotatable bonds is 4. The lowest BCUT2D eigenvalue weighted by Gasteiger charge is -2.31. The zero-order chi connectivity index (χ0) is 23.0. The van der Waals surface area contributed by atoms with Gasteiger partial charge in [-0.2, -0.15) is 4.98 Å². The van der Waals surface area contributed by atoms with Crippen LogP contribution in [0.5, 0.6) is 0 Å². The first kappa shape index (κ1) is 21.8. The van der Waals surface area contributed by atoms with Gasteiger partial charge in [0.1, 0.15) is 5.82 Å². The Morgan fingerprint density at radius 3 is 2.66 bits per heavy atom. The summed E-state index contributed by atoms with van der Waals surface area (Å²) < 4.78 is 17.7. The fourth-order valence-electron chi connectivity index (χ4n) is 4.30. The van der Waals surface area contributed by atoms with Gasteiger partial charge in [0, 0.05) is 26.2 Å². The number of aromatic nitrogens is 4. The van der Waals surface area contributed by atoms with Crippen LogP contribution in [0.3, 0.4) is 0 Å². The number of anilines is 1. The highest BCUT2D eigenvalue weighted by Gasteiger charge is 2.27. The maximum atomic E-state index is 13.7. The summed E-state index contributed by atoms with van der Waals surface area (Å²) in [6.07, 6.45) is 1.86. The molecule has 1 saturated heterocycles. The molecule has 1 aromatic carbocycles. The molecule has 1 fully saturated rings. The van der Waals surface area contributed by atoms with Crippen LogP contribution in [0.15, 0.2) is 33.9 Å². The first-order valence-corrected chi connectivity index (χ1v) is 10.7. The number of imidazole rings is 1. The van der Waals surface area contributed by atoms with Crippen molar-refractivity contribution >= 4 is 17.1 Å². The summed E-state index contributed by atoms with van der Waals surface area (Å²) in [6, 6.07) is 5.23. The zero-order valence-corrected chi connectivity index (χ0v) is 18.5. The average Bonchev–Trinajstić information content (AvgIpc) is 3.16. The molecule has 1 aliphatic heterocycles. The molecule has 168 valence electrons. The summed E-state index contributed by atoms with van der Waals surface area (Å²) >= 11 is 0. The number of aryl methyl sites for hydroxylation is 1. The molecule has 8 nitrogen and oxygen atoms in total. The summed E-state index contributed by atoms with van der Waals surface area (Å²) in [5.41, 5.74) is 6.54. The van der Waals surface area contributed by atoms with E-state index in [2.05, 4.69) is 16.7 Å². The highest BCUT2D eigenvalue weighted by molar-refractivity contribution is 5.75. The van der Waals surface area contributed by atoms with E-state index in [0.717, 1.165) is 19.4 Å². The van der Waals surface area contributed by atoms with Crippen molar-refractivity contribution in [2.45, 2.75) is 45.3 Å². The van der Waals surface area contributed by atoms with E-state index in [1.165, 1.54) is 21.3 Å². The number of hydrogen-bond donors (Lipinski definition) is 1. The zero-order valence-electron chi connectivity index (χ0n) is 18.5. The van der Waals surface area contributed by atoms with Crippen LogP contribution in [-0.4, -0.2) is 37.8 Å². The molecule has 1 unspecified atom stereocenters. The molecule has 0 radical (unpaired) electrons. The Bertz CT molecular complexity index is 1330. The quantitative estimate of drug-likeness (QED) is 0.625. The Balaban J connectivity index is 1.96. The molecule has 0 spiro atoms. The fourth-order valence-corrected chi connectivity index (χ4v) is 4.30. The lowest BCUT2D eigenvalue weighted by atomic mass is 10.1. The maximum Gasteiger partial charge on any atom is 0.333 e. The smallest absolute Gasteiger partial charge is 0.333 e. The molecule has 2 aromatic heterocycles.